The molecule has 0 saturated heterocycles. The van der Waals surface area contributed by atoms with E-state index >= 15 is 0 Å². The van der Waals surface area contributed by atoms with E-state index in [0.29, 0.717) is 5.69 Å². The van der Waals surface area contributed by atoms with Crippen molar-refractivity contribution in [2.24, 2.45) is 0 Å². The van der Waals surface area contributed by atoms with Crippen molar-refractivity contribution in [2.75, 3.05) is 5.73 Å². The van der Waals surface area contributed by atoms with Crippen LogP contribution in [0.5, 0.6) is 5.75 Å². The van der Waals surface area contributed by atoms with E-state index in [4.69, 9.17) is 5.73 Å². The minimum Gasteiger partial charge on any atom is -0.395 e. The molecule has 0 spiro atoms. The quantitative estimate of drug-likeness (QED) is 0.630. The minimum atomic E-state index is -3.21. The summed E-state index contributed by atoms with van der Waals surface area (Å²) in [5.41, 5.74) is 5.70. The molecule has 1 rings (SSSR count). The lowest BCUT2D eigenvalue weighted by molar-refractivity contribution is -1.62. The first-order chi connectivity index (χ1) is 5.20. The fourth-order valence-electron chi connectivity index (χ4n) is 0.619. The third-order valence-electron chi connectivity index (χ3n) is 1.07. The fourth-order valence-corrected chi connectivity index (χ4v) is 1.20. The predicted molar refractivity (Wildman–Crippen MR) is 31.5 cm³/mol. The number of rotatable bonds is 2. The van der Waals surface area contributed by atoms with E-state index in [9.17, 15) is 8.40 Å². The normalized spacial score (nSPS) is 10.1. The average Bonchev–Trinajstić information content (AvgIpc) is 1.93. The lowest BCUT2D eigenvalue weighted by Crippen LogP contribution is -2.37. The van der Waals surface area contributed by atoms with Gasteiger partial charge in [0.15, 0.2) is 0 Å². The zero-order valence-corrected chi connectivity index (χ0v) is 7.08. The highest BCUT2D eigenvalue weighted by molar-refractivity contribution is 5.51. The van der Waals surface area contributed by atoms with Crippen LogP contribution in [0, 0.1) is 14.8 Å². The summed E-state index contributed by atoms with van der Waals surface area (Å²) in [6.45, 7) is 0. The van der Waals surface area contributed by atoms with Crippen molar-refractivity contribution < 1.29 is 27.0 Å². The van der Waals surface area contributed by atoms with Crippen LogP contribution in [0.3, 0.4) is 0 Å². The molecule has 1 aromatic carbocycles. The molecule has 0 heterocycles. The van der Waals surface area contributed by atoms with Gasteiger partial charge in [0, 0.05) is 0 Å². The molecule has 0 fully saturated rings. The molecule has 0 aliphatic carbocycles. The maximum Gasteiger partial charge on any atom is 0.501 e. The summed E-state index contributed by atoms with van der Waals surface area (Å²) in [7, 11) is 0. The van der Waals surface area contributed by atoms with Gasteiger partial charge < -0.3 is 14.1 Å². The standard InChI is InChI=1S/C6H6BrNO3/c8-5-3-1-2-4-6(5)11-7(9)10/h1-4H,8H2. The van der Waals surface area contributed by atoms with Crippen LogP contribution >= 0.6 is 0 Å². The van der Waals surface area contributed by atoms with Gasteiger partial charge in [0.05, 0.1) is 5.69 Å². The Balaban J connectivity index is 2.78. The van der Waals surface area contributed by atoms with Crippen LogP contribution in [-0.2, 0) is 0 Å². The number of benzene rings is 1. The molecule has 0 bridgehead atoms. The molecular formula is C6H6BrNO3. The number of anilines is 1. The van der Waals surface area contributed by atoms with Gasteiger partial charge in [-0.3, -0.25) is 0 Å². The maximum atomic E-state index is 10.1. The lowest BCUT2D eigenvalue weighted by Gasteiger charge is -1.96. The topological polar surface area (TPSA) is 81.4 Å². The van der Waals surface area contributed by atoms with Gasteiger partial charge in [0.1, 0.15) is 0 Å². The van der Waals surface area contributed by atoms with Gasteiger partial charge >= 0.3 is 14.8 Å². The first-order valence-electron chi connectivity index (χ1n) is 2.78. The largest absolute Gasteiger partial charge is 0.501 e. The van der Waals surface area contributed by atoms with Crippen molar-refractivity contribution in [3.63, 3.8) is 0 Å². The first kappa shape index (κ1) is 8.32. The number of hydrogen-bond donors (Lipinski definition) is 1. The van der Waals surface area contributed by atoms with Crippen molar-refractivity contribution in [3.05, 3.63) is 24.3 Å². The molecule has 0 amide bonds. The van der Waals surface area contributed by atoms with Gasteiger partial charge in [0.2, 0.25) is 0 Å². The summed E-state index contributed by atoms with van der Waals surface area (Å²) >= 11 is -3.21. The van der Waals surface area contributed by atoms with E-state index < -0.39 is 14.8 Å². The molecule has 0 saturated carbocycles. The molecule has 0 radical (unpaired) electrons. The number of nitrogen functional groups attached to an aromatic ring is 1. The molecule has 0 aliphatic heterocycles. The summed E-state index contributed by atoms with van der Waals surface area (Å²) in [5, 5.41) is 0. The van der Waals surface area contributed by atoms with Crippen LogP contribution in [0.2, 0.25) is 0 Å². The molecule has 60 valence electrons. The van der Waals surface area contributed by atoms with Gasteiger partial charge in [0.25, 0.3) is 5.75 Å². The minimum absolute atomic E-state index is 0.188. The van der Waals surface area contributed by atoms with Gasteiger partial charge in [-0.05, 0) is 12.1 Å². The molecule has 5 heteroatoms. The summed E-state index contributed by atoms with van der Waals surface area (Å²) < 4.78 is 24.7. The molecule has 0 aliphatic rings. The zero-order chi connectivity index (χ0) is 8.27. The summed E-state index contributed by atoms with van der Waals surface area (Å²) in [6.07, 6.45) is 0. The highest BCUT2D eigenvalue weighted by atomic mass is 80.0. The Morgan fingerprint density at radius 1 is 1.27 bits per heavy atom. The number of para-hydroxylation sites is 2. The average molecular weight is 220 g/mol. The predicted octanol–water partition coefficient (Wildman–Crippen LogP) is -1.27. The second-order valence-electron chi connectivity index (χ2n) is 1.80. The van der Waals surface area contributed by atoms with Gasteiger partial charge in [-0.1, -0.05) is 12.1 Å². The molecule has 2 N–H and O–H groups in total. The Morgan fingerprint density at radius 3 is 2.45 bits per heavy atom. The number of halogens is 1. The van der Waals surface area contributed by atoms with Crippen LogP contribution in [0.25, 0.3) is 0 Å². The summed E-state index contributed by atoms with van der Waals surface area (Å²) in [4.78, 5) is 0. The van der Waals surface area contributed by atoms with E-state index in [1.807, 2.05) is 0 Å². The Morgan fingerprint density at radius 2 is 1.91 bits per heavy atom. The Kier molecular flexibility index (Phi) is 2.70. The van der Waals surface area contributed by atoms with Crippen molar-refractivity contribution in [2.45, 2.75) is 0 Å². The van der Waals surface area contributed by atoms with E-state index in [-0.39, 0.29) is 5.75 Å². The zero-order valence-electron chi connectivity index (χ0n) is 5.49. The lowest BCUT2D eigenvalue weighted by atomic mass is 10.3. The van der Waals surface area contributed by atoms with E-state index in [1.54, 1.807) is 18.2 Å². The van der Waals surface area contributed by atoms with Gasteiger partial charge in [-0.15, -0.1) is 3.83 Å². The monoisotopic (exact) mass is 219 g/mol. The van der Waals surface area contributed by atoms with Crippen LogP contribution in [-0.4, -0.2) is 0 Å². The van der Waals surface area contributed by atoms with Gasteiger partial charge in [-0.25, -0.2) is 0 Å². The molecule has 0 atom stereocenters. The number of hydrogen-bond acceptors (Lipinski definition) is 4. The molecule has 1 aromatic rings. The van der Waals surface area contributed by atoms with Crippen LogP contribution in [0.15, 0.2) is 24.3 Å². The highest BCUT2D eigenvalue weighted by Gasteiger charge is 2.14. The molecule has 0 unspecified atom stereocenters. The second-order valence-corrected chi connectivity index (χ2v) is 2.92. The maximum absolute atomic E-state index is 10.1. The van der Waals surface area contributed by atoms with E-state index in [0.717, 1.165) is 0 Å². The van der Waals surface area contributed by atoms with Crippen molar-refractivity contribution in [3.8, 4) is 5.75 Å². The van der Waals surface area contributed by atoms with E-state index in [2.05, 4.69) is 3.83 Å². The molecule has 4 nitrogen and oxygen atoms in total. The Bertz CT molecular complexity index is 241. The van der Waals surface area contributed by atoms with E-state index in [1.165, 1.54) is 6.07 Å². The molecule has 11 heavy (non-hydrogen) atoms. The van der Waals surface area contributed by atoms with Crippen LogP contribution in [0.1, 0.15) is 0 Å². The van der Waals surface area contributed by atoms with Crippen molar-refractivity contribution >= 4 is 5.69 Å². The van der Waals surface area contributed by atoms with Gasteiger partial charge in [-0.2, -0.15) is 0 Å². The Labute approximate surface area is 69.0 Å². The van der Waals surface area contributed by atoms with Crippen molar-refractivity contribution in [1.82, 2.24) is 0 Å². The van der Waals surface area contributed by atoms with Crippen molar-refractivity contribution in [1.29, 1.82) is 0 Å². The highest BCUT2D eigenvalue weighted by Crippen LogP contribution is 2.19. The molecular weight excluding hydrogens is 214 g/mol. The smallest absolute Gasteiger partial charge is 0.395 e. The Hall–Kier alpha value is -0.780. The fraction of sp³-hybridized carbons (Fsp3) is 0. The van der Waals surface area contributed by atoms with Crippen LogP contribution in [0.4, 0.5) is 5.69 Å². The SMILES string of the molecule is Nc1ccccc1O[Br+2]([O-])[O-]. The summed E-state index contributed by atoms with van der Waals surface area (Å²) in [6, 6.07) is 6.41. The molecule has 0 aromatic heterocycles. The number of nitrogens with two attached hydrogens (primary N) is 1. The second kappa shape index (κ2) is 3.56. The third kappa shape index (κ3) is 2.38. The third-order valence-corrected chi connectivity index (χ3v) is 1.68. The summed E-state index contributed by atoms with van der Waals surface area (Å²) in [5.74, 6) is 0.188. The first-order valence-corrected chi connectivity index (χ1v) is 4.73. The van der Waals surface area contributed by atoms with Crippen LogP contribution < -0.4 is 18.0 Å².